The first-order valence-electron chi connectivity index (χ1n) is 8.56. The monoisotopic (exact) mass is 326 g/mol. The Morgan fingerprint density at radius 1 is 1.29 bits per heavy atom. The van der Waals surface area contributed by atoms with Crippen LogP contribution in [-0.2, 0) is 19.4 Å². The molecule has 0 aliphatic heterocycles. The van der Waals surface area contributed by atoms with Gasteiger partial charge in [-0.15, -0.1) is 0 Å². The quantitative estimate of drug-likeness (QED) is 0.754. The number of aliphatic hydroxyl groups is 1. The molecule has 0 spiro atoms. The van der Waals surface area contributed by atoms with Crippen molar-refractivity contribution in [2.24, 2.45) is 0 Å². The van der Waals surface area contributed by atoms with E-state index in [2.05, 4.69) is 26.1 Å². The van der Waals surface area contributed by atoms with Crippen molar-refractivity contribution in [1.29, 1.82) is 0 Å². The fraction of sp³-hybridized carbons (Fsp3) is 0.444. The smallest absolute Gasteiger partial charge is 0.204 e. The van der Waals surface area contributed by atoms with Crippen molar-refractivity contribution < 1.29 is 9.63 Å². The summed E-state index contributed by atoms with van der Waals surface area (Å²) in [7, 11) is 0. The summed E-state index contributed by atoms with van der Waals surface area (Å²) < 4.78 is 7.66. The number of anilines is 1. The number of aromatic nitrogens is 3. The third kappa shape index (κ3) is 2.78. The van der Waals surface area contributed by atoms with Gasteiger partial charge in [0.2, 0.25) is 5.95 Å². The summed E-state index contributed by atoms with van der Waals surface area (Å²) >= 11 is 0. The molecule has 1 atom stereocenters. The van der Waals surface area contributed by atoms with Crippen LogP contribution < -0.4 is 5.32 Å². The Kier molecular flexibility index (Phi) is 3.98. The number of nitrogens with one attached hydrogen (secondary N) is 1. The van der Waals surface area contributed by atoms with E-state index in [1.807, 2.05) is 18.2 Å². The number of hydrogen-bond acceptors (Lipinski definition) is 5. The number of aryl methyl sites for hydroxylation is 1. The molecule has 0 amide bonds. The highest BCUT2D eigenvalue weighted by Gasteiger charge is 2.21. The third-order valence-corrected chi connectivity index (χ3v) is 4.55. The number of imidazole rings is 1. The fourth-order valence-electron chi connectivity index (χ4n) is 3.33. The van der Waals surface area contributed by atoms with Gasteiger partial charge in [0.05, 0.1) is 23.7 Å². The minimum Gasteiger partial charge on any atom is -0.392 e. The molecule has 2 heterocycles. The molecule has 0 fully saturated rings. The second-order valence-corrected chi connectivity index (χ2v) is 6.48. The Labute approximate surface area is 140 Å². The average Bonchev–Trinajstić information content (AvgIpc) is 3.16. The van der Waals surface area contributed by atoms with Gasteiger partial charge in [0.15, 0.2) is 0 Å². The first-order valence-corrected chi connectivity index (χ1v) is 8.56. The van der Waals surface area contributed by atoms with E-state index in [1.54, 1.807) is 6.92 Å². The van der Waals surface area contributed by atoms with Gasteiger partial charge in [-0.1, -0.05) is 17.3 Å². The molecule has 1 aliphatic rings. The Morgan fingerprint density at radius 2 is 2.12 bits per heavy atom. The third-order valence-electron chi connectivity index (χ3n) is 4.55. The minimum atomic E-state index is -0.432. The molecule has 1 unspecified atom stereocenters. The molecule has 6 heteroatoms. The molecule has 6 nitrogen and oxygen atoms in total. The molecule has 2 aromatic heterocycles. The molecular weight excluding hydrogens is 304 g/mol. The molecule has 3 aromatic rings. The minimum absolute atomic E-state index is 0.432. The maximum atomic E-state index is 9.57. The number of benzene rings is 1. The van der Waals surface area contributed by atoms with E-state index < -0.39 is 6.10 Å². The first kappa shape index (κ1) is 15.2. The molecular formula is C18H22N4O2. The SMILES string of the molecule is CC(O)CNc1nc2ccccc2n1Cc1noc2c1CCCC2. The van der Waals surface area contributed by atoms with Crippen LogP contribution in [0.2, 0.25) is 0 Å². The van der Waals surface area contributed by atoms with Crippen LogP contribution in [0.3, 0.4) is 0 Å². The molecule has 2 N–H and O–H groups in total. The lowest BCUT2D eigenvalue weighted by atomic mass is 9.96. The van der Waals surface area contributed by atoms with Gasteiger partial charge in [-0.05, 0) is 38.3 Å². The highest BCUT2D eigenvalue weighted by molar-refractivity contribution is 5.78. The van der Waals surface area contributed by atoms with Crippen molar-refractivity contribution in [3.05, 3.63) is 41.3 Å². The molecule has 1 aliphatic carbocycles. The van der Waals surface area contributed by atoms with E-state index in [9.17, 15) is 5.11 Å². The lowest BCUT2D eigenvalue weighted by molar-refractivity contribution is 0.208. The number of rotatable bonds is 5. The van der Waals surface area contributed by atoms with Gasteiger partial charge in [0.25, 0.3) is 0 Å². The van der Waals surface area contributed by atoms with Crippen molar-refractivity contribution in [2.45, 2.75) is 45.3 Å². The second-order valence-electron chi connectivity index (χ2n) is 6.48. The standard InChI is InChI=1S/C18H22N4O2/c1-12(23)10-19-18-20-14-7-3-4-8-16(14)22(18)11-15-13-6-2-5-9-17(13)24-21-15/h3-4,7-8,12,23H,2,5-6,9-11H2,1H3,(H,19,20). The van der Waals surface area contributed by atoms with Crippen LogP contribution in [-0.4, -0.2) is 32.5 Å². The van der Waals surface area contributed by atoms with E-state index in [4.69, 9.17) is 4.52 Å². The van der Waals surface area contributed by atoms with Crippen LogP contribution in [0.1, 0.15) is 36.8 Å². The topological polar surface area (TPSA) is 76.1 Å². The fourth-order valence-corrected chi connectivity index (χ4v) is 3.33. The Bertz CT molecular complexity index is 850. The predicted molar refractivity (Wildman–Crippen MR) is 92.2 cm³/mol. The summed E-state index contributed by atoms with van der Waals surface area (Å²) in [6.45, 7) is 2.84. The van der Waals surface area contributed by atoms with Crippen LogP contribution in [0.4, 0.5) is 5.95 Å². The summed E-state index contributed by atoms with van der Waals surface area (Å²) in [5.74, 6) is 1.80. The van der Waals surface area contributed by atoms with Crippen LogP contribution >= 0.6 is 0 Å². The predicted octanol–water partition coefficient (Wildman–Crippen LogP) is 2.74. The van der Waals surface area contributed by atoms with Gasteiger partial charge in [-0.3, -0.25) is 0 Å². The molecule has 24 heavy (non-hydrogen) atoms. The average molecular weight is 326 g/mol. The number of nitrogens with zero attached hydrogens (tertiary/aromatic N) is 3. The summed E-state index contributed by atoms with van der Waals surface area (Å²) in [6.07, 6.45) is 3.96. The van der Waals surface area contributed by atoms with Gasteiger partial charge in [-0.2, -0.15) is 0 Å². The van der Waals surface area contributed by atoms with Gasteiger partial charge in [-0.25, -0.2) is 4.98 Å². The Morgan fingerprint density at radius 3 is 3.00 bits per heavy atom. The van der Waals surface area contributed by atoms with Crippen LogP contribution in [0, 0.1) is 0 Å². The van der Waals surface area contributed by atoms with Crippen LogP contribution in [0.5, 0.6) is 0 Å². The van der Waals surface area contributed by atoms with Gasteiger partial charge in [0, 0.05) is 18.5 Å². The molecule has 1 aromatic carbocycles. The second kappa shape index (κ2) is 6.28. The number of hydrogen-bond donors (Lipinski definition) is 2. The van der Waals surface area contributed by atoms with Crippen LogP contribution in [0.15, 0.2) is 28.8 Å². The summed E-state index contributed by atoms with van der Waals surface area (Å²) in [6, 6.07) is 8.05. The summed E-state index contributed by atoms with van der Waals surface area (Å²) in [5, 5.41) is 17.1. The lowest BCUT2D eigenvalue weighted by Crippen LogP contribution is -2.18. The molecule has 0 saturated heterocycles. The van der Waals surface area contributed by atoms with Gasteiger partial charge >= 0.3 is 0 Å². The van der Waals surface area contributed by atoms with Gasteiger partial charge < -0.3 is 19.5 Å². The molecule has 0 bridgehead atoms. The number of para-hydroxylation sites is 2. The van der Waals surface area contributed by atoms with E-state index in [-0.39, 0.29) is 0 Å². The molecule has 4 rings (SSSR count). The highest BCUT2D eigenvalue weighted by atomic mass is 16.5. The van der Waals surface area contributed by atoms with Crippen molar-refractivity contribution in [2.75, 3.05) is 11.9 Å². The first-order chi connectivity index (χ1) is 11.7. The molecule has 0 radical (unpaired) electrons. The normalized spacial score (nSPS) is 15.4. The van der Waals surface area contributed by atoms with Crippen molar-refractivity contribution >= 4 is 17.0 Å². The number of fused-ring (bicyclic) bond motifs is 2. The lowest BCUT2D eigenvalue weighted by Gasteiger charge is -2.13. The number of aliphatic hydroxyl groups excluding tert-OH is 1. The highest BCUT2D eigenvalue weighted by Crippen LogP contribution is 2.27. The summed E-state index contributed by atoms with van der Waals surface area (Å²) in [4.78, 5) is 4.66. The van der Waals surface area contributed by atoms with Gasteiger partial charge in [0.1, 0.15) is 11.5 Å². The van der Waals surface area contributed by atoms with E-state index >= 15 is 0 Å². The zero-order valence-electron chi connectivity index (χ0n) is 13.8. The summed E-state index contributed by atoms with van der Waals surface area (Å²) in [5.41, 5.74) is 4.24. The maximum absolute atomic E-state index is 9.57. The molecule has 0 saturated carbocycles. The van der Waals surface area contributed by atoms with E-state index in [0.717, 1.165) is 41.3 Å². The van der Waals surface area contributed by atoms with Crippen molar-refractivity contribution in [3.63, 3.8) is 0 Å². The zero-order valence-corrected chi connectivity index (χ0v) is 13.8. The zero-order chi connectivity index (χ0) is 16.5. The molecule has 126 valence electrons. The Balaban J connectivity index is 1.71. The van der Waals surface area contributed by atoms with E-state index in [0.29, 0.717) is 13.1 Å². The maximum Gasteiger partial charge on any atom is 0.204 e. The Hall–Kier alpha value is -2.34. The largest absolute Gasteiger partial charge is 0.392 e. The van der Waals surface area contributed by atoms with Crippen LogP contribution in [0.25, 0.3) is 11.0 Å². The van der Waals surface area contributed by atoms with Crippen molar-refractivity contribution in [3.8, 4) is 0 Å². The van der Waals surface area contributed by atoms with E-state index in [1.165, 1.54) is 18.4 Å². The van der Waals surface area contributed by atoms with Crippen molar-refractivity contribution in [1.82, 2.24) is 14.7 Å².